The van der Waals surface area contributed by atoms with Crippen LogP contribution in [0.25, 0.3) is 0 Å². The number of hydrogen-bond donors (Lipinski definition) is 1. The highest BCUT2D eigenvalue weighted by molar-refractivity contribution is 7.89. The zero-order valence-electron chi connectivity index (χ0n) is 22.4. The molecule has 3 rings (SSSR count). The number of hydrogen-bond acceptors (Lipinski definition) is 5. The summed E-state index contributed by atoms with van der Waals surface area (Å²) in [6, 6.07) is 14.2. The summed E-state index contributed by atoms with van der Waals surface area (Å²) in [6.07, 6.45) is 7.68. The lowest BCUT2D eigenvalue weighted by Gasteiger charge is -2.35. The fraction of sp³-hybridized carbons (Fsp3) is 0.571. The molecular formula is C28H42N3O4S2-. The predicted octanol–water partition coefficient (Wildman–Crippen LogP) is 4.93. The van der Waals surface area contributed by atoms with Crippen molar-refractivity contribution in [3.05, 3.63) is 59.7 Å². The van der Waals surface area contributed by atoms with Crippen LogP contribution in [0, 0.1) is 19.8 Å². The van der Waals surface area contributed by atoms with Crippen molar-refractivity contribution in [1.29, 1.82) is 0 Å². The van der Waals surface area contributed by atoms with Gasteiger partial charge in [0.05, 0.1) is 4.90 Å². The van der Waals surface area contributed by atoms with E-state index in [0.29, 0.717) is 31.0 Å². The maximum Gasteiger partial charge on any atom is 0.240 e. The van der Waals surface area contributed by atoms with E-state index >= 15 is 0 Å². The molecule has 1 aliphatic rings. The van der Waals surface area contributed by atoms with Gasteiger partial charge in [-0.2, -0.15) is 0 Å². The number of rotatable bonds is 14. The molecule has 1 fully saturated rings. The maximum absolute atomic E-state index is 12.6. The van der Waals surface area contributed by atoms with E-state index in [2.05, 4.69) is 9.62 Å². The molecule has 1 saturated carbocycles. The van der Waals surface area contributed by atoms with Crippen molar-refractivity contribution in [3.63, 3.8) is 0 Å². The summed E-state index contributed by atoms with van der Waals surface area (Å²) in [5, 5.41) is 0. The quantitative estimate of drug-likeness (QED) is 0.267. The molecule has 0 spiro atoms. The van der Waals surface area contributed by atoms with Crippen molar-refractivity contribution in [1.82, 2.24) is 9.62 Å². The molecule has 2 atom stereocenters. The summed E-state index contributed by atoms with van der Waals surface area (Å²) in [7, 11) is -3.53. The lowest BCUT2D eigenvalue weighted by Crippen LogP contribution is -2.40. The van der Waals surface area contributed by atoms with Crippen LogP contribution in [-0.4, -0.2) is 54.3 Å². The van der Waals surface area contributed by atoms with Gasteiger partial charge in [0.1, 0.15) is 0 Å². The summed E-state index contributed by atoms with van der Waals surface area (Å²) >= 11 is -2.36. The molecule has 9 heteroatoms. The van der Waals surface area contributed by atoms with Crippen molar-refractivity contribution in [3.8, 4) is 0 Å². The van der Waals surface area contributed by atoms with Crippen LogP contribution in [0.3, 0.4) is 0 Å². The minimum atomic E-state index is -3.53. The van der Waals surface area contributed by atoms with E-state index in [1.807, 2.05) is 45.0 Å². The first-order valence-corrected chi connectivity index (χ1v) is 15.9. The van der Waals surface area contributed by atoms with Gasteiger partial charge >= 0.3 is 0 Å². The fourth-order valence-electron chi connectivity index (χ4n) is 5.01. The van der Waals surface area contributed by atoms with E-state index in [9.17, 15) is 17.2 Å². The molecule has 0 saturated heterocycles. The second kappa shape index (κ2) is 14.4. The first-order valence-electron chi connectivity index (χ1n) is 13.4. The zero-order valence-corrected chi connectivity index (χ0v) is 24.0. The van der Waals surface area contributed by atoms with Gasteiger partial charge in [0.2, 0.25) is 10.0 Å². The van der Waals surface area contributed by atoms with E-state index in [1.165, 1.54) is 36.4 Å². The van der Waals surface area contributed by atoms with Crippen LogP contribution >= 0.6 is 0 Å². The van der Waals surface area contributed by atoms with Crippen LogP contribution in [0.4, 0.5) is 5.69 Å². The van der Waals surface area contributed by atoms with E-state index in [4.69, 9.17) is 0 Å². The molecule has 0 bridgehead atoms. The Kier molecular flexibility index (Phi) is 11.6. The minimum Gasteiger partial charge on any atom is -0.755 e. The molecule has 2 aromatic rings. The van der Waals surface area contributed by atoms with Gasteiger partial charge in [-0.1, -0.05) is 54.7 Å². The van der Waals surface area contributed by atoms with Crippen LogP contribution in [0.5, 0.6) is 0 Å². The third-order valence-corrected chi connectivity index (χ3v) is 9.60. The SMILES string of the molecule is Cc1ccc(N(C(C)CCN(CCCNS(=O)(=O)c2ccc(C)cc2)CC2CCCCC2)S(=O)[O-])cc1. The average Bonchev–Trinajstić information content (AvgIpc) is 2.87. The molecule has 0 amide bonds. The van der Waals surface area contributed by atoms with Gasteiger partial charge in [-0.25, -0.2) is 13.1 Å². The topological polar surface area (TPSA) is 92.8 Å². The highest BCUT2D eigenvalue weighted by Gasteiger charge is 2.21. The van der Waals surface area contributed by atoms with Crippen molar-refractivity contribution in [2.24, 2.45) is 5.92 Å². The van der Waals surface area contributed by atoms with E-state index < -0.39 is 21.3 Å². The summed E-state index contributed by atoms with van der Waals surface area (Å²) in [5.74, 6) is 0.648. The molecule has 7 nitrogen and oxygen atoms in total. The Bertz CT molecular complexity index is 1090. The van der Waals surface area contributed by atoms with Gasteiger partial charge in [-0.05, 0) is 83.2 Å². The molecule has 37 heavy (non-hydrogen) atoms. The van der Waals surface area contributed by atoms with Gasteiger partial charge in [0.25, 0.3) is 0 Å². The summed E-state index contributed by atoms with van der Waals surface area (Å²) < 4.78 is 53.6. The third-order valence-electron chi connectivity index (χ3n) is 7.23. The molecule has 206 valence electrons. The molecule has 0 aliphatic heterocycles. The van der Waals surface area contributed by atoms with Gasteiger partial charge in [0.15, 0.2) is 0 Å². The van der Waals surface area contributed by atoms with Crippen molar-refractivity contribution < 1.29 is 17.2 Å². The third kappa shape index (κ3) is 9.48. The average molecular weight is 549 g/mol. The second-order valence-electron chi connectivity index (χ2n) is 10.4. The number of nitrogens with one attached hydrogen (secondary N) is 1. The maximum atomic E-state index is 12.6. The molecule has 1 aliphatic carbocycles. The van der Waals surface area contributed by atoms with Gasteiger partial charge in [0, 0.05) is 42.6 Å². The molecular weight excluding hydrogens is 506 g/mol. The first kappa shape index (κ1) is 29.8. The highest BCUT2D eigenvalue weighted by Crippen LogP contribution is 2.25. The smallest absolute Gasteiger partial charge is 0.240 e. The Hall–Kier alpha value is -1.78. The Morgan fingerprint density at radius 2 is 1.57 bits per heavy atom. The van der Waals surface area contributed by atoms with Crippen LogP contribution < -0.4 is 9.03 Å². The van der Waals surface area contributed by atoms with Crippen molar-refractivity contribution in [2.75, 3.05) is 30.5 Å². The Morgan fingerprint density at radius 1 is 0.973 bits per heavy atom. The van der Waals surface area contributed by atoms with E-state index in [0.717, 1.165) is 30.8 Å². The van der Waals surface area contributed by atoms with Crippen LogP contribution in [0.15, 0.2) is 53.4 Å². The summed E-state index contributed by atoms with van der Waals surface area (Å²) in [4.78, 5) is 2.68. The Balaban J connectivity index is 1.57. The normalized spacial score (nSPS) is 16.6. The zero-order chi connectivity index (χ0) is 26.8. The fourth-order valence-corrected chi connectivity index (χ4v) is 6.77. The minimum absolute atomic E-state index is 0.185. The van der Waals surface area contributed by atoms with E-state index in [1.54, 1.807) is 24.3 Å². The van der Waals surface area contributed by atoms with Crippen molar-refractivity contribution >= 4 is 27.0 Å². The number of anilines is 1. The largest absolute Gasteiger partial charge is 0.755 e. The molecule has 1 N–H and O–H groups in total. The Morgan fingerprint density at radius 3 is 2.16 bits per heavy atom. The summed E-state index contributed by atoms with van der Waals surface area (Å²) in [6.45, 7) is 8.74. The highest BCUT2D eigenvalue weighted by atomic mass is 32.2. The molecule has 2 aromatic carbocycles. The molecule has 0 aromatic heterocycles. The lowest BCUT2D eigenvalue weighted by molar-refractivity contribution is 0.194. The molecule has 0 radical (unpaired) electrons. The predicted molar refractivity (Wildman–Crippen MR) is 151 cm³/mol. The van der Waals surface area contributed by atoms with Crippen LogP contribution in [0.2, 0.25) is 0 Å². The van der Waals surface area contributed by atoms with Crippen LogP contribution in [0.1, 0.15) is 63.0 Å². The number of aryl methyl sites for hydroxylation is 2. The second-order valence-corrected chi connectivity index (χ2v) is 13.0. The van der Waals surface area contributed by atoms with Crippen molar-refractivity contribution in [2.45, 2.75) is 76.7 Å². The number of benzene rings is 2. The Labute approximate surface area is 226 Å². The molecule has 0 heterocycles. The number of nitrogens with zero attached hydrogens (tertiary/aromatic N) is 2. The first-order chi connectivity index (χ1) is 17.7. The van der Waals surface area contributed by atoms with E-state index in [-0.39, 0.29) is 10.9 Å². The summed E-state index contributed by atoms with van der Waals surface area (Å²) in [5.41, 5.74) is 2.79. The van der Waals surface area contributed by atoms with Gasteiger partial charge in [-0.3, -0.25) is 8.51 Å². The van der Waals surface area contributed by atoms with Gasteiger partial charge < -0.3 is 9.45 Å². The standard InChI is InChI=1S/C28H43N3O4S2/c1-23-10-14-27(15-11-23)31(36(32)33)25(3)18-21-30(22-26-8-5-4-6-9-26)20-7-19-29-37(34,35)28-16-12-24(2)13-17-28/h10-17,25-26,29H,4-9,18-22H2,1-3H3,(H,32,33)/p-1. The monoisotopic (exact) mass is 548 g/mol. The van der Waals surface area contributed by atoms with Crippen LogP contribution in [-0.2, 0) is 21.3 Å². The number of sulfonamides is 1. The molecule has 2 unspecified atom stereocenters. The lowest BCUT2D eigenvalue weighted by atomic mass is 9.89. The van der Waals surface area contributed by atoms with Gasteiger partial charge in [-0.15, -0.1) is 0 Å².